The number of hydrogen-bond donors (Lipinski definition) is 2. The van der Waals surface area contributed by atoms with E-state index in [1.165, 1.54) is 12.1 Å². The Morgan fingerprint density at radius 1 is 1.71 bits per heavy atom. The first-order valence-electron chi connectivity index (χ1n) is 3.86. The van der Waals surface area contributed by atoms with Gasteiger partial charge in [0.05, 0.1) is 11.0 Å². The van der Waals surface area contributed by atoms with Gasteiger partial charge in [-0.1, -0.05) is 12.2 Å². The summed E-state index contributed by atoms with van der Waals surface area (Å²) in [5, 5.41) is 2.72. The minimum atomic E-state index is -0.391. The van der Waals surface area contributed by atoms with Gasteiger partial charge >= 0.3 is 0 Å². The van der Waals surface area contributed by atoms with Crippen molar-refractivity contribution in [3.05, 3.63) is 23.1 Å². The molecule has 0 aliphatic rings. The van der Waals surface area contributed by atoms with Crippen LogP contribution < -0.4 is 11.1 Å². The second kappa shape index (κ2) is 4.43. The van der Waals surface area contributed by atoms with Crippen LogP contribution in [0.5, 0.6) is 0 Å². The molecule has 1 unspecified atom stereocenters. The molecule has 14 heavy (non-hydrogen) atoms. The molecule has 0 aliphatic carbocycles. The van der Waals surface area contributed by atoms with E-state index >= 15 is 0 Å². The maximum atomic E-state index is 11.4. The highest BCUT2D eigenvalue weighted by Crippen LogP contribution is 2.12. The maximum absolute atomic E-state index is 11.4. The van der Waals surface area contributed by atoms with E-state index in [4.69, 9.17) is 34.0 Å². The van der Waals surface area contributed by atoms with Crippen LogP contribution in [0.15, 0.2) is 16.5 Å². The first-order valence-corrected chi connectivity index (χ1v) is 4.65. The number of carbonyl (C=O) groups is 1. The average molecular weight is 233 g/mol. The lowest BCUT2D eigenvalue weighted by atomic mass is 10.3. The van der Waals surface area contributed by atoms with Crippen LogP contribution in [-0.2, 0) is 0 Å². The Morgan fingerprint density at radius 2 is 2.36 bits per heavy atom. The normalized spacial score (nSPS) is 12.1. The summed E-state index contributed by atoms with van der Waals surface area (Å²) in [5.74, 6) is -0.254. The van der Waals surface area contributed by atoms with E-state index in [1.54, 1.807) is 6.92 Å². The molecular weight excluding hydrogens is 224 g/mol. The Balaban J connectivity index is 2.63. The summed E-state index contributed by atoms with van der Waals surface area (Å²) < 4.78 is 4.90. The number of amides is 1. The third-order valence-electron chi connectivity index (χ3n) is 1.57. The van der Waals surface area contributed by atoms with Crippen molar-refractivity contribution >= 4 is 34.7 Å². The molecule has 0 saturated carbocycles. The fourth-order valence-electron chi connectivity index (χ4n) is 0.775. The number of nitrogens with two attached hydrogens (primary N) is 1. The van der Waals surface area contributed by atoms with Crippen LogP contribution in [0.25, 0.3) is 0 Å². The molecule has 1 aromatic heterocycles. The zero-order chi connectivity index (χ0) is 10.7. The molecule has 1 aromatic rings. The molecule has 1 rings (SSSR count). The van der Waals surface area contributed by atoms with Crippen molar-refractivity contribution in [2.24, 2.45) is 5.73 Å². The summed E-state index contributed by atoms with van der Waals surface area (Å²) in [7, 11) is 0. The lowest BCUT2D eigenvalue weighted by Gasteiger charge is -2.10. The van der Waals surface area contributed by atoms with Crippen LogP contribution in [-0.4, -0.2) is 16.9 Å². The highest BCUT2D eigenvalue weighted by atomic mass is 35.5. The van der Waals surface area contributed by atoms with Crippen LogP contribution in [0.3, 0.4) is 0 Å². The zero-order valence-electron chi connectivity index (χ0n) is 7.41. The summed E-state index contributed by atoms with van der Waals surface area (Å²) in [6, 6.07) is 2.59. The maximum Gasteiger partial charge on any atom is 0.287 e. The number of carbonyl (C=O) groups excluding carboxylic acids is 1. The number of rotatable bonds is 3. The van der Waals surface area contributed by atoms with Gasteiger partial charge in [-0.25, -0.2) is 0 Å². The summed E-state index contributed by atoms with van der Waals surface area (Å²) in [5.41, 5.74) is 5.33. The number of nitrogens with one attached hydrogen (secondary N) is 1. The topological polar surface area (TPSA) is 68.3 Å². The molecule has 0 fully saturated rings. The lowest BCUT2D eigenvalue weighted by molar-refractivity contribution is 0.0921. The molecule has 6 heteroatoms. The summed E-state index contributed by atoms with van der Waals surface area (Å²) in [6.45, 7) is 1.69. The zero-order valence-corrected chi connectivity index (χ0v) is 8.98. The van der Waals surface area contributed by atoms with Gasteiger partial charge in [0.1, 0.15) is 0 Å². The molecule has 0 saturated heterocycles. The van der Waals surface area contributed by atoms with E-state index in [-0.39, 0.29) is 22.0 Å². The van der Waals surface area contributed by atoms with Gasteiger partial charge in [0.25, 0.3) is 5.91 Å². The van der Waals surface area contributed by atoms with Gasteiger partial charge in [-0.15, -0.1) is 0 Å². The number of thiocarbonyl (C=S) groups is 1. The molecule has 1 heterocycles. The van der Waals surface area contributed by atoms with Crippen molar-refractivity contribution in [1.29, 1.82) is 0 Å². The molecule has 4 nitrogen and oxygen atoms in total. The van der Waals surface area contributed by atoms with E-state index in [0.29, 0.717) is 0 Å². The Bertz CT molecular complexity index is 364. The number of hydrogen-bond acceptors (Lipinski definition) is 3. The molecule has 0 aromatic carbocycles. The van der Waals surface area contributed by atoms with Crippen molar-refractivity contribution in [1.82, 2.24) is 5.32 Å². The highest BCUT2D eigenvalue weighted by molar-refractivity contribution is 7.80. The Morgan fingerprint density at radius 3 is 2.79 bits per heavy atom. The molecule has 3 N–H and O–H groups in total. The monoisotopic (exact) mass is 232 g/mol. The van der Waals surface area contributed by atoms with Gasteiger partial charge in [0, 0.05) is 0 Å². The summed E-state index contributed by atoms with van der Waals surface area (Å²) in [4.78, 5) is 11.6. The average Bonchev–Trinajstić information content (AvgIpc) is 2.51. The van der Waals surface area contributed by atoms with Gasteiger partial charge in [-0.3, -0.25) is 4.79 Å². The van der Waals surface area contributed by atoms with Crippen LogP contribution >= 0.6 is 23.8 Å². The van der Waals surface area contributed by atoms with Crippen LogP contribution in [0, 0.1) is 0 Å². The van der Waals surface area contributed by atoms with Gasteiger partial charge in [-0.05, 0) is 30.7 Å². The highest BCUT2D eigenvalue weighted by Gasteiger charge is 2.14. The van der Waals surface area contributed by atoms with E-state index in [1.807, 2.05) is 0 Å². The standard InChI is InChI=1S/C8H9ClN2O2S/c1-4(7(10)14)11-8(12)5-2-3-6(9)13-5/h2-4H,1H3,(H2,10,14)(H,11,12). The SMILES string of the molecule is CC(NC(=O)c1ccc(Cl)o1)C(N)=S. The summed E-state index contributed by atoms with van der Waals surface area (Å²) in [6.07, 6.45) is 0. The largest absolute Gasteiger partial charge is 0.440 e. The molecule has 1 amide bonds. The molecule has 1 atom stereocenters. The first-order chi connectivity index (χ1) is 6.50. The van der Waals surface area contributed by atoms with Crippen molar-refractivity contribution in [3.8, 4) is 0 Å². The minimum absolute atomic E-state index is 0.137. The lowest BCUT2D eigenvalue weighted by Crippen LogP contribution is -2.41. The summed E-state index contributed by atoms with van der Waals surface area (Å²) >= 11 is 10.2. The Kier molecular flexibility index (Phi) is 3.49. The van der Waals surface area contributed by atoms with Crippen molar-refractivity contribution in [2.75, 3.05) is 0 Å². The van der Waals surface area contributed by atoms with Gasteiger partial charge in [-0.2, -0.15) is 0 Å². The fraction of sp³-hybridized carbons (Fsp3) is 0.250. The molecule has 0 bridgehead atoms. The predicted molar refractivity (Wildman–Crippen MR) is 57.4 cm³/mol. The van der Waals surface area contributed by atoms with Crippen molar-refractivity contribution in [3.63, 3.8) is 0 Å². The van der Waals surface area contributed by atoms with Crippen molar-refractivity contribution in [2.45, 2.75) is 13.0 Å². The fourth-order valence-corrected chi connectivity index (χ4v) is 0.980. The first kappa shape index (κ1) is 11.0. The third kappa shape index (κ3) is 2.71. The van der Waals surface area contributed by atoms with Crippen LogP contribution in [0.4, 0.5) is 0 Å². The molecule has 0 spiro atoms. The van der Waals surface area contributed by atoms with Crippen molar-refractivity contribution < 1.29 is 9.21 Å². The number of halogens is 1. The van der Waals surface area contributed by atoms with Gasteiger partial charge in [0.15, 0.2) is 11.0 Å². The predicted octanol–water partition coefficient (Wildman–Crippen LogP) is 1.34. The molecule has 0 aliphatic heterocycles. The Labute approximate surface area is 91.4 Å². The molecular formula is C8H9ClN2O2S. The van der Waals surface area contributed by atoms with E-state index in [0.717, 1.165) is 0 Å². The van der Waals surface area contributed by atoms with Crippen LogP contribution in [0.2, 0.25) is 5.22 Å². The number of furan rings is 1. The third-order valence-corrected chi connectivity index (χ3v) is 2.13. The van der Waals surface area contributed by atoms with E-state index in [2.05, 4.69) is 5.32 Å². The van der Waals surface area contributed by atoms with Gasteiger partial charge in [0.2, 0.25) is 0 Å². The van der Waals surface area contributed by atoms with E-state index < -0.39 is 5.91 Å². The van der Waals surface area contributed by atoms with Crippen LogP contribution in [0.1, 0.15) is 17.5 Å². The second-order valence-electron chi connectivity index (χ2n) is 2.70. The quantitative estimate of drug-likeness (QED) is 0.772. The van der Waals surface area contributed by atoms with Gasteiger partial charge < -0.3 is 15.5 Å². The Hall–Kier alpha value is -1.07. The smallest absolute Gasteiger partial charge is 0.287 e. The minimum Gasteiger partial charge on any atom is -0.440 e. The molecule has 0 radical (unpaired) electrons. The second-order valence-corrected chi connectivity index (χ2v) is 3.55. The van der Waals surface area contributed by atoms with E-state index in [9.17, 15) is 4.79 Å². The molecule has 76 valence electrons.